The summed E-state index contributed by atoms with van der Waals surface area (Å²) in [6, 6.07) is 3.72. The van der Waals surface area contributed by atoms with Gasteiger partial charge in [0.1, 0.15) is 11.8 Å². The van der Waals surface area contributed by atoms with E-state index >= 15 is 0 Å². The molecular formula is C14H16N2O5. The van der Waals surface area contributed by atoms with Gasteiger partial charge in [0, 0.05) is 12.6 Å². The van der Waals surface area contributed by atoms with Crippen molar-refractivity contribution in [3.05, 3.63) is 23.8 Å². The lowest BCUT2D eigenvalue weighted by Gasteiger charge is -2.24. The van der Waals surface area contributed by atoms with Gasteiger partial charge >= 0.3 is 5.97 Å². The van der Waals surface area contributed by atoms with Crippen LogP contribution >= 0.6 is 0 Å². The summed E-state index contributed by atoms with van der Waals surface area (Å²) in [6.07, 6.45) is 0.315. The quantitative estimate of drug-likeness (QED) is 0.861. The number of carboxylic acid groups (broad SMARTS) is 1. The van der Waals surface area contributed by atoms with Gasteiger partial charge in [-0.2, -0.15) is 0 Å². The monoisotopic (exact) mass is 292 g/mol. The van der Waals surface area contributed by atoms with E-state index in [9.17, 15) is 14.4 Å². The molecule has 1 atom stereocenters. The molecule has 0 radical (unpaired) electrons. The second kappa shape index (κ2) is 5.82. The van der Waals surface area contributed by atoms with E-state index < -0.39 is 17.9 Å². The molecular weight excluding hydrogens is 276 g/mol. The summed E-state index contributed by atoms with van der Waals surface area (Å²) in [4.78, 5) is 35.8. The van der Waals surface area contributed by atoms with Crippen LogP contribution in [0.1, 0.15) is 23.7 Å². The maximum Gasteiger partial charge on any atom is 0.326 e. The molecule has 1 aromatic carbocycles. The van der Waals surface area contributed by atoms with E-state index in [0.717, 1.165) is 0 Å². The molecule has 21 heavy (non-hydrogen) atoms. The fourth-order valence-corrected chi connectivity index (χ4v) is 2.17. The third kappa shape index (κ3) is 2.96. The summed E-state index contributed by atoms with van der Waals surface area (Å²) in [6.45, 7) is 1.60. The fourth-order valence-electron chi connectivity index (χ4n) is 2.17. The maximum atomic E-state index is 12.3. The van der Waals surface area contributed by atoms with E-state index in [2.05, 4.69) is 5.32 Å². The molecule has 1 heterocycles. The maximum absolute atomic E-state index is 12.3. The van der Waals surface area contributed by atoms with Crippen LogP contribution < -0.4 is 10.1 Å². The van der Waals surface area contributed by atoms with Crippen molar-refractivity contribution in [1.82, 2.24) is 4.90 Å². The normalized spacial score (nSPS) is 14.5. The van der Waals surface area contributed by atoms with Gasteiger partial charge in [0.05, 0.1) is 5.69 Å². The number of fused-ring (bicyclic) bond motifs is 1. The molecule has 0 saturated carbocycles. The zero-order valence-corrected chi connectivity index (χ0v) is 11.8. The van der Waals surface area contributed by atoms with E-state index in [1.54, 1.807) is 13.0 Å². The van der Waals surface area contributed by atoms with E-state index in [0.29, 0.717) is 23.4 Å². The number of rotatable bonds is 4. The number of aliphatic carboxylic acids is 1. The molecule has 1 aliphatic heterocycles. The first-order valence-electron chi connectivity index (χ1n) is 6.50. The Morgan fingerprint density at radius 3 is 2.81 bits per heavy atom. The minimum absolute atomic E-state index is 0.104. The van der Waals surface area contributed by atoms with Gasteiger partial charge in [0.25, 0.3) is 11.8 Å². The Morgan fingerprint density at radius 1 is 1.48 bits per heavy atom. The molecule has 2 rings (SSSR count). The van der Waals surface area contributed by atoms with Crippen LogP contribution in [0.25, 0.3) is 0 Å². The van der Waals surface area contributed by atoms with Crippen molar-refractivity contribution < 1.29 is 24.2 Å². The standard InChI is InChI=1S/C14H16N2O5/c1-3-10(14(19)20)16(2)13(18)8-4-5-9-11(6-8)21-7-12(17)15-9/h4-6,10H,3,7H2,1-2H3,(H,15,17)(H,19,20). The highest BCUT2D eigenvalue weighted by Crippen LogP contribution is 2.29. The van der Waals surface area contributed by atoms with Crippen LogP contribution in [0.4, 0.5) is 5.69 Å². The van der Waals surface area contributed by atoms with E-state index in [4.69, 9.17) is 9.84 Å². The second-order valence-electron chi connectivity index (χ2n) is 4.73. The van der Waals surface area contributed by atoms with E-state index in [-0.39, 0.29) is 12.5 Å². The summed E-state index contributed by atoms with van der Waals surface area (Å²) >= 11 is 0. The Labute approximate surface area is 121 Å². The molecule has 0 bridgehead atoms. The summed E-state index contributed by atoms with van der Waals surface area (Å²) in [5.74, 6) is -1.31. The average Bonchev–Trinajstić information content (AvgIpc) is 2.46. The first kappa shape index (κ1) is 14.8. The third-order valence-corrected chi connectivity index (χ3v) is 3.32. The number of hydrogen-bond donors (Lipinski definition) is 2. The van der Waals surface area contributed by atoms with Crippen molar-refractivity contribution in [2.75, 3.05) is 19.0 Å². The van der Waals surface area contributed by atoms with Crippen LogP contribution in [0.2, 0.25) is 0 Å². The molecule has 1 unspecified atom stereocenters. The number of nitrogens with one attached hydrogen (secondary N) is 1. The minimum Gasteiger partial charge on any atom is -0.482 e. The highest BCUT2D eigenvalue weighted by molar-refractivity contribution is 6.00. The summed E-state index contributed by atoms with van der Waals surface area (Å²) in [5.41, 5.74) is 0.808. The van der Waals surface area contributed by atoms with Crippen molar-refractivity contribution in [3.8, 4) is 5.75 Å². The van der Waals surface area contributed by atoms with Crippen LogP contribution in [-0.4, -0.2) is 47.5 Å². The Morgan fingerprint density at radius 2 is 2.19 bits per heavy atom. The van der Waals surface area contributed by atoms with Crippen LogP contribution in [-0.2, 0) is 9.59 Å². The van der Waals surface area contributed by atoms with Gasteiger partial charge in [-0.15, -0.1) is 0 Å². The number of benzene rings is 1. The number of carbonyl (C=O) groups is 3. The van der Waals surface area contributed by atoms with Crippen LogP contribution in [0.5, 0.6) is 5.75 Å². The molecule has 0 saturated heterocycles. The molecule has 0 aliphatic carbocycles. The number of ether oxygens (including phenoxy) is 1. The highest BCUT2D eigenvalue weighted by atomic mass is 16.5. The van der Waals surface area contributed by atoms with Crippen LogP contribution in [0, 0.1) is 0 Å². The molecule has 112 valence electrons. The lowest BCUT2D eigenvalue weighted by atomic mass is 10.1. The molecule has 0 aromatic heterocycles. The predicted octanol–water partition coefficient (Wildman–Crippen LogP) is 0.953. The van der Waals surface area contributed by atoms with Crippen molar-refractivity contribution in [3.63, 3.8) is 0 Å². The predicted molar refractivity (Wildman–Crippen MR) is 74.4 cm³/mol. The van der Waals surface area contributed by atoms with Gasteiger partial charge in [-0.3, -0.25) is 9.59 Å². The number of hydrogen-bond acceptors (Lipinski definition) is 4. The molecule has 0 fully saturated rings. The second-order valence-corrected chi connectivity index (χ2v) is 4.73. The van der Waals surface area contributed by atoms with Gasteiger partial charge in [-0.1, -0.05) is 6.92 Å². The van der Waals surface area contributed by atoms with Crippen molar-refractivity contribution in [1.29, 1.82) is 0 Å². The Kier molecular flexibility index (Phi) is 4.11. The van der Waals surface area contributed by atoms with Crippen molar-refractivity contribution in [2.24, 2.45) is 0 Å². The number of carbonyl (C=O) groups excluding carboxylic acids is 2. The van der Waals surface area contributed by atoms with Gasteiger partial charge in [-0.25, -0.2) is 4.79 Å². The van der Waals surface area contributed by atoms with Gasteiger partial charge in [0.2, 0.25) is 0 Å². The highest BCUT2D eigenvalue weighted by Gasteiger charge is 2.26. The average molecular weight is 292 g/mol. The Balaban J connectivity index is 2.24. The molecule has 7 heteroatoms. The number of anilines is 1. The topological polar surface area (TPSA) is 95.9 Å². The molecule has 7 nitrogen and oxygen atoms in total. The van der Waals surface area contributed by atoms with E-state index in [1.807, 2.05) is 0 Å². The number of nitrogens with zero attached hydrogens (tertiary/aromatic N) is 1. The van der Waals surface area contributed by atoms with Gasteiger partial charge < -0.3 is 20.1 Å². The number of likely N-dealkylation sites (N-methyl/N-ethyl adjacent to an activating group) is 1. The lowest BCUT2D eigenvalue weighted by molar-refractivity contribution is -0.142. The SMILES string of the molecule is CCC(C(=O)O)N(C)C(=O)c1ccc2c(c1)OCC(=O)N2. The largest absolute Gasteiger partial charge is 0.482 e. The summed E-state index contributed by atoms with van der Waals surface area (Å²) in [5, 5.41) is 11.7. The molecule has 1 aromatic rings. The first-order valence-corrected chi connectivity index (χ1v) is 6.50. The zero-order valence-electron chi connectivity index (χ0n) is 11.8. The van der Waals surface area contributed by atoms with Gasteiger partial charge in [0.15, 0.2) is 6.61 Å². The summed E-state index contributed by atoms with van der Waals surface area (Å²) in [7, 11) is 1.45. The lowest BCUT2D eigenvalue weighted by Crippen LogP contribution is -2.42. The minimum atomic E-state index is -1.05. The zero-order chi connectivity index (χ0) is 15.6. The number of amides is 2. The summed E-state index contributed by atoms with van der Waals surface area (Å²) < 4.78 is 5.24. The molecule has 1 aliphatic rings. The number of carboxylic acids is 1. The first-order chi connectivity index (χ1) is 9.93. The smallest absolute Gasteiger partial charge is 0.326 e. The van der Waals surface area contributed by atoms with Crippen LogP contribution in [0.3, 0.4) is 0 Å². The Hall–Kier alpha value is -2.57. The third-order valence-electron chi connectivity index (χ3n) is 3.32. The molecule has 2 amide bonds. The van der Waals surface area contributed by atoms with Gasteiger partial charge in [-0.05, 0) is 24.6 Å². The molecule has 0 spiro atoms. The molecule has 2 N–H and O–H groups in total. The van der Waals surface area contributed by atoms with Crippen LogP contribution in [0.15, 0.2) is 18.2 Å². The fraction of sp³-hybridized carbons (Fsp3) is 0.357. The van der Waals surface area contributed by atoms with Crippen molar-refractivity contribution in [2.45, 2.75) is 19.4 Å². The van der Waals surface area contributed by atoms with Crippen molar-refractivity contribution >= 4 is 23.5 Å². The van der Waals surface area contributed by atoms with E-state index in [1.165, 1.54) is 24.1 Å². The Bertz CT molecular complexity index is 599.